The van der Waals surface area contributed by atoms with Crippen molar-refractivity contribution in [3.8, 4) is 0 Å². The van der Waals surface area contributed by atoms with Crippen LogP contribution in [0.2, 0.25) is 0 Å². The zero-order valence-corrected chi connectivity index (χ0v) is 35.3. The number of quaternary nitrogens is 1. The summed E-state index contributed by atoms with van der Waals surface area (Å²) in [7, 11) is 1.10. The van der Waals surface area contributed by atoms with Gasteiger partial charge < -0.3 is 27.9 Å². The Morgan fingerprint density at radius 3 is 1.50 bits per heavy atom. The van der Waals surface area contributed by atoms with Crippen LogP contribution in [0.5, 0.6) is 0 Å². The molecule has 0 rings (SSSR count). The number of rotatable bonds is 35. The lowest BCUT2D eigenvalue weighted by Gasteiger charge is -2.28. The molecule has 0 aromatic heterocycles. The van der Waals surface area contributed by atoms with E-state index in [0.29, 0.717) is 23.9 Å². The molecule has 0 fully saturated rings. The van der Waals surface area contributed by atoms with Crippen LogP contribution in [-0.2, 0) is 32.7 Å². The summed E-state index contributed by atoms with van der Waals surface area (Å²) in [5.74, 6) is -0.940. The zero-order chi connectivity index (χ0) is 40.0. The maximum absolute atomic E-state index is 12.6. The number of likely N-dealkylation sites (N-methyl/N-ethyl adjacent to an activating group) is 1. The number of carbonyl (C=O) groups excluding carboxylic acids is 2. The average molecular weight is 776 g/mol. The van der Waals surface area contributed by atoms with Gasteiger partial charge in [0.1, 0.15) is 19.8 Å². The number of hydrogen-bond acceptors (Lipinski definition) is 8. The normalized spacial score (nSPS) is 14.6. The van der Waals surface area contributed by atoms with Crippen molar-refractivity contribution in [2.45, 2.75) is 136 Å². The van der Waals surface area contributed by atoms with Crippen molar-refractivity contribution in [1.29, 1.82) is 0 Å². The van der Waals surface area contributed by atoms with Gasteiger partial charge in [-0.15, -0.1) is 0 Å². The van der Waals surface area contributed by atoms with Crippen LogP contribution in [0.25, 0.3) is 0 Å². The van der Waals surface area contributed by atoms with Crippen molar-refractivity contribution in [1.82, 2.24) is 0 Å². The fourth-order valence-corrected chi connectivity index (χ4v) is 5.44. The lowest BCUT2D eigenvalue weighted by molar-refractivity contribution is -0.870. The molecule has 308 valence electrons. The molecule has 0 saturated carbocycles. The minimum Gasteiger partial charge on any atom is -0.756 e. The summed E-state index contributed by atoms with van der Waals surface area (Å²) < 4.78 is 33.7. The second-order valence-electron chi connectivity index (χ2n) is 14.3. The number of ether oxygens (including phenoxy) is 2. The molecule has 0 aromatic rings. The smallest absolute Gasteiger partial charge is 0.306 e. The molecule has 0 amide bonds. The monoisotopic (exact) mass is 776 g/mol. The third-order valence-corrected chi connectivity index (χ3v) is 8.86. The van der Waals surface area contributed by atoms with Gasteiger partial charge >= 0.3 is 11.9 Å². The predicted octanol–water partition coefficient (Wildman–Crippen LogP) is 10.6. The highest BCUT2D eigenvalue weighted by Gasteiger charge is 2.21. The number of allylic oxidation sites excluding steroid dienone is 14. The molecule has 0 spiro atoms. The second kappa shape index (κ2) is 35.9. The first-order valence-electron chi connectivity index (χ1n) is 20.3. The number of phosphoric acid groups is 1. The SMILES string of the molecule is CC/C=C\C/C=C\C/C=C\C/C=C\CCCCC(=O)OC[C@H](COP(=O)([O-])OCC[N+](C)(C)C)OC(=O)CCCC/C=C\C/C=C\C/C=C\CCCCC. The Morgan fingerprint density at radius 2 is 1.04 bits per heavy atom. The molecule has 0 aliphatic carbocycles. The second-order valence-corrected chi connectivity index (χ2v) is 15.7. The largest absolute Gasteiger partial charge is 0.756 e. The molecule has 0 saturated heterocycles. The third-order valence-electron chi connectivity index (χ3n) is 7.90. The summed E-state index contributed by atoms with van der Waals surface area (Å²) >= 11 is 0. The van der Waals surface area contributed by atoms with Gasteiger partial charge in [-0.05, 0) is 89.9 Å². The average Bonchev–Trinajstić information content (AvgIpc) is 3.12. The molecule has 54 heavy (non-hydrogen) atoms. The van der Waals surface area contributed by atoms with Gasteiger partial charge in [0.2, 0.25) is 0 Å². The minimum absolute atomic E-state index is 0.0497. The van der Waals surface area contributed by atoms with Crippen LogP contribution in [0, 0.1) is 0 Å². The number of carbonyl (C=O) groups is 2. The molecule has 0 aromatic carbocycles. The Balaban J connectivity index is 4.57. The van der Waals surface area contributed by atoms with E-state index in [1.165, 1.54) is 19.3 Å². The molecule has 0 aliphatic heterocycles. The first-order chi connectivity index (χ1) is 26.0. The van der Waals surface area contributed by atoms with Crippen molar-refractivity contribution in [2.24, 2.45) is 0 Å². The van der Waals surface area contributed by atoms with E-state index in [1.807, 2.05) is 21.1 Å². The van der Waals surface area contributed by atoms with Gasteiger partial charge in [0.25, 0.3) is 7.82 Å². The fraction of sp³-hybridized carbons (Fsp3) is 0.636. The number of nitrogens with zero attached hydrogens (tertiary/aromatic N) is 1. The Morgan fingerprint density at radius 1 is 0.593 bits per heavy atom. The van der Waals surface area contributed by atoms with Crippen LogP contribution < -0.4 is 4.89 Å². The lowest BCUT2D eigenvalue weighted by atomic mass is 10.1. The Bertz CT molecular complexity index is 1200. The van der Waals surface area contributed by atoms with Crippen molar-refractivity contribution in [3.63, 3.8) is 0 Å². The molecule has 0 bridgehead atoms. The van der Waals surface area contributed by atoms with Crippen LogP contribution in [0.3, 0.4) is 0 Å². The van der Waals surface area contributed by atoms with E-state index in [4.69, 9.17) is 18.5 Å². The van der Waals surface area contributed by atoms with Crippen LogP contribution >= 0.6 is 7.82 Å². The van der Waals surface area contributed by atoms with Crippen LogP contribution in [0.1, 0.15) is 129 Å². The Hall–Kier alpha value is -2.81. The van der Waals surface area contributed by atoms with Crippen molar-refractivity contribution in [2.75, 3.05) is 47.5 Å². The molecular formula is C44H74NO8P. The van der Waals surface area contributed by atoms with Crippen LogP contribution in [0.4, 0.5) is 0 Å². The molecule has 10 heteroatoms. The van der Waals surface area contributed by atoms with Crippen molar-refractivity contribution >= 4 is 19.8 Å². The van der Waals surface area contributed by atoms with Crippen molar-refractivity contribution in [3.05, 3.63) is 85.1 Å². The van der Waals surface area contributed by atoms with Crippen LogP contribution in [0.15, 0.2) is 85.1 Å². The van der Waals surface area contributed by atoms with Gasteiger partial charge in [-0.3, -0.25) is 14.2 Å². The predicted molar refractivity (Wildman–Crippen MR) is 222 cm³/mol. The summed E-state index contributed by atoms with van der Waals surface area (Å²) in [6.07, 6.45) is 44.8. The number of phosphoric ester groups is 1. The van der Waals surface area contributed by atoms with Gasteiger partial charge in [0.05, 0.1) is 27.7 Å². The highest BCUT2D eigenvalue weighted by molar-refractivity contribution is 7.45. The highest BCUT2D eigenvalue weighted by atomic mass is 31.2. The van der Waals surface area contributed by atoms with E-state index in [2.05, 4.69) is 98.9 Å². The van der Waals surface area contributed by atoms with Gasteiger partial charge in [-0.2, -0.15) is 0 Å². The molecule has 2 atom stereocenters. The molecule has 0 N–H and O–H groups in total. The summed E-state index contributed by atoms with van der Waals surface area (Å²) in [6, 6.07) is 0. The maximum Gasteiger partial charge on any atom is 0.306 e. The topological polar surface area (TPSA) is 111 Å². The third kappa shape index (κ3) is 38.9. The number of esters is 2. The molecule has 0 heterocycles. The Labute approximate surface area is 329 Å². The van der Waals surface area contributed by atoms with Gasteiger partial charge in [0, 0.05) is 12.8 Å². The van der Waals surface area contributed by atoms with E-state index < -0.39 is 32.5 Å². The minimum atomic E-state index is -4.65. The summed E-state index contributed by atoms with van der Waals surface area (Å²) in [5, 5.41) is 0. The van der Waals surface area contributed by atoms with Gasteiger partial charge in [-0.25, -0.2) is 0 Å². The first-order valence-corrected chi connectivity index (χ1v) is 21.8. The quantitative estimate of drug-likeness (QED) is 0.0206. The van der Waals surface area contributed by atoms with E-state index in [0.717, 1.165) is 70.6 Å². The van der Waals surface area contributed by atoms with E-state index in [9.17, 15) is 19.0 Å². The van der Waals surface area contributed by atoms with Gasteiger partial charge in [-0.1, -0.05) is 112 Å². The maximum atomic E-state index is 12.6. The zero-order valence-electron chi connectivity index (χ0n) is 34.4. The molecule has 9 nitrogen and oxygen atoms in total. The standard InChI is InChI=1S/C44H74NO8P/c1-6-8-10-12-14-16-18-20-22-24-26-28-30-32-34-36-43(46)50-40-42(41-52-54(48,49)51-39-38-45(3,4)5)53-44(47)37-35-33-31-29-27-25-23-21-19-17-15-13-11-9-7-2/h8,10,14-17,20-23,26-29,42H,6-7,9,11-13,18-19,24-25,30-41H2,1-5H3/b10-8-,16-14-,17-15-,22-20-,23-21-,28-26-,29-27-/t42-/m1/s1. The fourth-order valence-electron chi connectivity index (χ4n) is 4.71. The van der Waals surface area contributed by atoms with E-state index in [1.54, 1.807) is 0 Å². The van der Waals surface area contributed by atoms with Crippen LogP contribution in [-0.4, -0.2) is 70.0 Å². The summed E-state index contributed by atoms with van der Waals surface area (Å²) in [4.78, 5) is 37.4. The number of hydrogen-bond donors (Lipinski definition) is 0. The van der Waals surface area contributed by atoms with Gasteiger partial charge in [0.15, 0.2) is 6.10 Å². The molecular weight excluding hydrogens is 701 g/mol. The Kier molecular flexibility index (Phi) is 34.0. The number of unbranched alkanes of at least 4 members (excludes halogenated alkanes) is 7. The van der Waals surface area contributed by atoms with E-state index >= 15 is 0 Å². The molecule has 0 radical (unpaired) electrons. The first kappa shape index (κ1) is 51.2. The molecule has 1 unspecified atom stereocenters. The summed E-state index contributed by atoms with van der Waals surface area (Å²) in [5.41, 5.74) is 0. The van der Waals surface area contributed by atoms with Crippen molar-refractivity contribution < 1.29 is 42.1 Å². The highest BCUT2D eigenvalue weighted by Crippen LogP contribution is 2.38. The summed E-state index contributed by atoms with van der Waals surface area (Å²) in [6.45, 7) is 3.95. The molecule has 0 aliphatic rings. The lowest BCUT2D eigenvalue weighted by Crippen LogP contribution is -2.37. The van der Waals surface area contributed by atoms with E-state index in [-0.39, 0.29) is 26.1 Å².